The van der Waals surface area contributed by atoms with Gasteiger partial charge in [-0.3, -0.25) is 0 Å². The van der Waals surface area contributed by atoms with E-state index in [1.807, 2.05) is 60.7 Å². The summed E-state index contributed by atoms with van der Waals surface area (Å²) in [5, 5.41) is 0.424. The zero-order chi connectivity index (χ0) is 21.8. The molecule has 0 aliphatic heterocycles. The van der Waals surface area contributed by atoms with Crippen molar-refractivity contribution in [1.82, 2.24) is 9.97 Å². The first-order chi connectivity index (χ1) is 15.1. The smallest absolute Gasteiger partial charge is 0.358 e. The van der Waals surface area contributed by atoms with Gasteiger partial charge in [-0.25, -0.2) is 9.59 Å². The lowest BCUT2D eigenvalue weighted by Crippen LogP contribution is -2.03. The van der Waals surface area contributed by atoms with Crippen LogP contribution in [0.4, 0.5) is 0 Å². The third kappa shape index (κ3) is 4.32. The minimum atomic E-state index is -0.565. The van der Waals surface area contributed by atoms with Gasteiger partial charge in [0, 0.05) is 0 Å². The highest BCUT2D eigenvalue weighted by Crippen LogP contribution is 2.40. The molecule has 156 valence electrons. The Balaban J connectivity index is 1.73. The first kappa shape index (κ1) is 20.7. The number of rotatable bonds is 6. The average Bonchev–Trinajstić information content (AvgIpc) is 3.44. The number of esters is 2. The molecule has 9 heteroatoms. The zero-order valence-corrected chi connectivity index (χ0v) is 18.2. The van der Waals surface area contributed by atoms with Crippen molar-refractivity contribution in [2.24, 2.45) is 0 Å². The molecule has 0 aliphatic rings. The van der Waals surface area contributed by atoms with Gasteiger partial charge in [-0.2, -0.15) is 9.97 Å². The highest BCUT2D eigenvalue weighted by atomic mass is 32.1. The molecule has 0 atom stereocenters. The summed E-state index contributed by atoms with van der Waals surface area (Å²) in [7, 11) is 2.60. The minimum absolute atomic E-state index is 0.154. The van der Waals surface area contributed by atoms with Crippen LogP contribution < -0.4 is 4.74 Å². The fourth-order valence-corrected chi connectivity index (χ4v) is 4.68. The van der Waals surface area contributed by atoms with E-state index in [1.54, 1.807) is 0 Å². The molecule has 0 bridgehead atoms. The van der Waals surface area contributed by atoms with E-state index in [0.29, 0.717) is 9.75 Å². The largest absolute Gasteiger partial charge is 0.464 e. The topological polar surface area (TPSA) is 87.6 Å². The lowest BCUT2D eigenvalue weighted by atomic mass is 10.1. The van der Waals surface area contributed by atoms with E-state index in [-0.39, 0.29) is 21.8 Å². The van der Waals surface area contributed by atoms with Crippen molar-refractivity contribution in [2.75, 3.05) is 14.2 Å². The molecule has 0 unspecified atom stereocenters. The van der Waals surface area contributed by atoms with Crippen molar-refractivity contribution in [2.45, 2.75) is 0 Å². The molecule has 2 aromatic heterocycles. The summed E-state index contributed by atoms with van der Waals surface area (Å²) in [4.78, 5) is 34.3. The Morgan fingerprint density at radius 3 is 1.42 bits per heavy atom. The number of carbonyl (C=O) groups is 2. The van der Waals surface area contributed by atoms with Gasteiger partial charge in [0.15, 0.2) is 11.4 Å². The van der Waals surface area contributed by atoms with Gasteiger partial charge in [-0.05, 0) is 11.1 Å². The molecule has 0 N–H and O–H groups in total. The lowest BCUT2D eigenvalue weighted by Gasteiger charge is -1.99. The maximum atomic E-state index is 12.2. The molecule has 2 aromatic carbocycles. The molecule has 0 saturated heterocycles. The Morgan fingerprint density at radius 2 is 1.06 bits per heavy atom. The second-order valence-electron chi connectivity index (χ2n) is 6.13. The van der Waals surface area contributed by atoms with E-state index in [9.17, 15) is 9.59 Å². The van der Waals surface area contributed by atoms with Crippen LogP contribution in [0.25, 0.3) is 20.9 Å². The van der Waals surface area contributed by atoms with Gasteiger partial charge in [-0.1, -0.05) is 83.3 Å². The summed E-state index contributed by atoms with van der Waals surface area (Å²) >= 11 is 2.39. The number of aromatic nitrogens is 2. The van der Waals surface area contributed by atoms with Gasteiger partial charge in [0.25, 0.3) is 10.4 Å². The first-order valence-corrected chi connectivity index (χ1v) is 10.7. The number of benzene rings is 2. The fraction of sp³-hybridized carbons (Fsp3) is 0.0909. The Labute approximate surface area is 185 Å². The number of hydrogen-bond acceptors (Lipinski definition) is 9. The summed E-state index contributed by atoms with van der Waals surface area (Å²) in [6.07, 6.45) is 0. The van der Waals surface area contributed by atoms with Gasteiger partial charge in [0.05, 0.1) is 24.0 Å². The molecule has 0 spiro atoms. The number of nitrogens with zero attached hydrogens (tertiary/aromatic N) is 2. The molecule has 31 heavy (non-hydrogen) atoms. The van der Waals surface area contributed by atoms with E-state index in [4.69, 9.17) is 14.2 Å². The highest BCUT2D eigenvalue weighted by molar-refractivity contribution is 7.18. The normalized spacial score (nSPS) is 10.5. The third-order valence-electron chi connectivity index (χ3n) is 4.22. The SMILES string of the molecule is COC(=O)c1nc(Oc2nc(C(=O)OC)c(-c3ccccc3)s2)sc1-c1ccccc1. The summed E-state index contributed by atoms with van der Waals surface area (Å²) in [6.45, 7) is 0. The van der Waals surface area contributed by atoms with Gasteiger partial charge in [-0.15, -0.1) is 0 Å². The number of ether oxygens (including phenoxy) is 3. The molecular formula is C22H16N2O5S2. The second-order valence-corrected chi connectivity index (χ2v) is 8.06. The lowest BCUT2D eigenvalue weighted by molar-refractivity contribution is 0.0587. The van der Waals surface area contributed by atoms with Crippen molar-refractivity contribution in [3.63, 3.8) is 0 Å². The van der Waals surface area contributed by atoms with E-state index >= 15 is 0 Å². The number of methoxy groups -OCH3 is 2. The molecule has 2 heterocycles. The number of hydrogen-bond donors (Lipinski definition) is 0. The average molecular weight is 453 g/mol. The Bertz CT molecular complexity index is 1120. The van der Waals surface area contributed by atoms with Crippen LogP contribution in [0.15, 0.2) is 60.7 Å². The molecule has 4 rings (SSSR count). The van der Waals surface area contributed by atoms with Crippen LogP contribution in [0.1, 0.15) is 21.0 Å². The molecule has 0 aliphatic carbocycles. The van der Waals surface area contributed by atoms with Crippen LogP contribution in [0, 0.1) is 0 Å². The van der Waals surface area contributed by atoms with E-state index in [0.717, 1.165) is 11.1 Å². The standard InChI is InChI=1S/C22H16N2O5S2/c1-27-19(25)15-17(13-9-5-3-6-10-13)30-21(23-15)29-22-24-16(20(26)28-2)18(31-22)14-11-7-4-8-12-14/h3-12H,1-2H3. The van der Waals surface area contributed by atoms with Crippen LogP contribution >= 0.6 is 22.7 Å². The predicted molar refractivity (Wildman–Crippen MR) is 118 cm³/mol. The molecule has 0 radical (unpaired) electrons. The quantitative estimate of drug-likeness (QED) is 0.367. The maximum absolute atomic E-state index is 12.2. The maximum Gasteiger partial charge on any atom is 0.358 e. The number of thiazole rings is 2. The zero-order valence-electron chi connectivity index (χ0n) is 16.5. The third-order valence-corrected chi connectivity index (χ3v) is 6.18. The second kappa shape index (κ2) is 9.07. The van der Waals surface area contributed by atoms with Crippen molar-refractivity contribution in [3.8, 4) is 31.3 Å². The van der Waals surface area contributed by atoms with Gasteiger partial charge >= 0.3 is 11.9 Å². The van der Waals surface area contributed by atoms with E-state index < -0.39 is 11.9 Å². The molecule has 0 fully saturated rings. The van der Waals surface area contributed by atoms with Crippen LogP contribution in [0.5, 0.6) is 10.4 Å². The molecule has 0 saturated carbocycles. The van der Waals surface area contributed by atoms with E-state index in [2.05, 4.69) is 9.97 Å². The van der Waals surface area contributed by atoms with Crippen molar-refractivity contribution in [3.05, 3.63) is 72.1 Å². The van der Waals surface area contributed by atoms with Gasteiger partial charge < -0.3 is 14.2 Å². The monoisotopic (exact) mass is 452 g/mol. The van der Waals surface area contributed by atoms with Gasteiger partial charge in [0.1, 0.15) is 0 Å². The minimum Gasteiger partial charge on any atom is -0.464 e. The summed E-state index contributed by atoms with van der Waals surface area (Å²) in [5.74, 6) is -1.13. The summed E-state index contributed by atoms with van der Waals surface area (Å²) in [5.41, 5.74) is 1.94. The molecular weight excluding hydrogens is 436 g/mol. The summed E-state index contributed by atoms with van der Waals surface area (Å²) < 4.78 is 15.6. The molecule has 7 nitrogen and oxygen atoms in total. The van der Waals surface area contributed by atoms with Crippen LogP contribution in [-0.4, -0.2) is 36.1 Å². The molecule has 4 aromatic rings. The molecule has 0 amide bonds. The van der Waals surface area contributed by atoms with Crippen molar-refractivity contribution < 1.29 is 23.8 Å². The van der Waals surface area contributed by atoms with Crippen LogP contribution in [0.3, 0.4) is 0 Å². The van der Waals surface area contributed by atoms with E-state index in [1.165, 1.54) is 36.9 Å². The Morgan fingerprint density at radius 1 is 0.677 bits per heavy atom. The van der Waals surface area contributed by atoms with Crippen molar-refractivity contribution >= 4 is 34.6 Å². The predicted octanol–water partition coefficient (Wildman–Crippen LogP) is 5.30. The summed E-state index contributed by atoms with van der Waals surface area (Å²) in [6, 6.07) is 18.7. The highest BCUT2D eigenvalue weighted by Gasteiger charge is 2.24. The van der Waals surface area contributed by atoms with Crippen LogP contribution in [-0.2, 0) is 9.47 Å². The first-order valence-electron chi connectivity index (χ1n) is 9.07. The van der Waals surface area contributed by atoms with Crippen molar-refractivity contribution in [1.29, 1.82) is 0 Å². The Hall–Kier alpha value is -3.56. The van der Waals surface area contributed by atoms with Crippen LogP contribution in [0.2, 0.25) is 0 Å². The fourth-order valence-electron chi connectivity index (χ4n) is 2.80. The number of carbonyl (C=O) groups excluding carboxylic acids is 2. The van der Waals surface area contributed by atoms with Gasteiger partial charge in [0.2, 0.25) is 0 Å². The Kier molecular flexibility index (Phi) is 6.06.